The van der Waals surface area contributed by atoms with Gasteiger partial charge >= 0.3 is 0 Å². The maximum atomic E-state index is 12.3. The van der Waals surface area contributed by atoms with Crippen LogP contribution in [-0.2, 0) is 4.75 Å². The minimum atomic E-state index is -0.103. The number of thiol groups is 1. The van der Waals surface area contributed by atoms with Crippen LogP contribution < -0.4 is 0 Å². The van der Waals surface area contributed by atoms with Crippen molar-refractivity contribution >= 4 is 18.4 Å². The zero-order valence-electron chi connectivity index (χ0n) is 12.0. The van der Waals surface area contributed by atoms with Gasteiger partial charge in [0.15, 0.2) is 5.78 Å². The van der Waals surface area contributed by atoms with E-state index in [1.54, 1.807) is 0 Å². The minimum absolute atomic E-state index is 0.0647. The topological polar surface area (TPSA) is 17.1 Å². The number of hydrogen-bond acceptors (Lipinski definition) is 2. The van der Waals surface area contributed by atoms with Crippen LogP contribution >= 0.6 is 12.6 Å². The lowest BCUT2D eigenvalue weighted by atomic mass is 9.91. The van der Waals surface area contributed by atoms with Crippen LogP contribution in [0.1, 0.15) is 48.2 Å². The van der Waals surface area contributed by atoms with Crippen LogP contribution in [-0.4, -0.2) is 5.78 Å². The first-order valence-electron chi connectivity index (χ1n) is 7.03. The fourth-order valence-corrected chi connectivity index (χ4v) is 2.50. The van der Waals surface area contributed by atoms with E-state index in [-0.39, 0.29) is 10.5 Å². The molecule has 104 valence electrons. The van der Waals surface area contributed by atoms with Gasteiger partial charge in [0.1, 0.15) is 0 Å². The van der Waals surface area contributed by atoms with Crippen LogP contribution in [0.2, 0.25) is 0 Å². The fourth-order valence-electron chi connectivity index (χ4n) is 2.35. The molecule has 0 aliphatic rings. The summed E-state index contributed by atoms with van der Waals surface area (Å²) in [4.78, 5) is 12.3. The van der Waals surface area contributed by atoms with Crippen molar-refractivity contribution in [3.05, 3.63) is 71.3 Å². The fraction of sp³-hybridized carbons (Fsp3) is 0.278. The molecule has 2 aromatic rings. The van der Waals surface area contributed by atoms with Gasteiger partial charge < -0.3 is 0 Å². The molecule has 0 N–H and O–H groups in total. The lowest BCUT2D eigenvalue weighted by molar-refractivity contribution is 0.103. The Balaban J connectivity index is 2.27. The molecule has 0 aromatic heterocycles. The molecular weight excluding hydrogens is 264 g/mol. The van der Waals surface area contributed by atoms with Gasteiger partial charge in [-0.15, -0.1) is 0 Å². The average molecular weight is 284 g/mol. The summed E-state index contributed by atoms with van der Waals surface area (Å²) >= 11 is 4.78. The van der Waals surface area contributed by atoms with Gasteiger partial charge in [-0.1, -0.05) is 68.4 Å². The Bertz CT molecular complexity index is 568. The predicted molar refractivity (Wildman–Crippen MR) is 87.6 cm³/mol. The summed E-state index contributed by atoms with van der Waals surface area (Å²) in [6.45, 7) is 4.28. The van der Waals surface area contributed by atoms with E-state index >= 15 is 0 Å². The molecule has 0 atom stereocenters. The zero-order chi connectivity index (χ0) is 14.6. The van der Waals surface area contributed by atoms with Gasteiger partial charge in [-0.25, -0.2) is 0 Å². The molecule has 0 saturated carbocycles. The summed E-state index contributed by atoms with van der Waals surface area (Å²) in [5.41, 5.74) is 2.63. The molecule has 0 bridgehead atoms. The van der Waals surface area contributed by atoms with E-state index in [0.29, 0.717) is 0 Å². The average Bonchev–Trinajstić information content (AvgIpc) is 2.54. The van der Waals surface area contributed by atoms with Gasteiger partial charge in [-0.2, -0.15) is 12.6 Å². The Kier molecular flexibility index (Phi) is 4.66. The van der Waals surface area contributed by atoms with E-state index in [1.165, 1.54) is 5.56 Å². The van der Waals surface area contributed by atoms with Crippen molar-refractivity contribution in [3.8, 4) is 0 Å². The van der Waals surface area contributed by atoms with E-state index in [1.807, 2.05) is 54.6 Å². The van der Waals surface area contributed by atoms with Crippen LogP contribution in [0, 0.1) is 0 Å². The van der Waals surface area contributed by atoms with Crippen LogP contribution in [0.15, 0.2) is 54.6 Å². The van der Waals surface area contributed by atoms with Crippen molar-refractivity contribution in [1.82, 2.24) is 0 Å². The van der Waals surface area contributed by atoms with Crippen molar-refractivity contribution in [2.24, 2.45) is 0 Å². The molecule has 2 aromatic carbocycles. The second-order valence-corrected chi connectivity index (χ2v) is 5.87. The van der Waals surface area contributed by atoms with Gasteiger partial charge in [0.2, 0.25) is 0 Å². The number of rotatable bonds is 5. The molecule has 0 amide bonds. The lowest BCUT2D eigenvalue weighted by Crippen LogP contribution is -2.16. The second kappa shape index (κ2) is 6.27. The first kappa shape index (κ1) is 14.9. The van der Waals surface area contributed by atoms with Gasteiger partial charge in [-0.3, -0.25) is 4.79 Å². The van der Waals surface area contributed by atoms with Crippen LogP contribution in [0.25, 0.3) is 0 Å². The first-order chi connectivity index (χ1) is 9.60. The Morgan fingerprint density at radius 3 is 1.90 bits per heavy atom. The zero-order valence-corrected chi connectivity index (χ0v) is 12.9. The lowest BCUT2D eigenvalue weighted by Gasteiger charge is -2.26. The summed E-state index contributed by atoms with van der Waals surface area (Å²) < 4.78 is -0.103. The highest BCUT2D eigenvalue weighted by molar-refractivity contribution is 7.81. The van der Waals surface area contributed by atoms with Crippen LogP contribution in [0.4, 0.5) is 0 Å². The van der Waals surface area contributed by atoms with E-state index < -0.39 is 0 Å². The largest absolute Gasteiger partial charge is 0.289 e. The van der Waals surface area contributed by atoms with E-state index in [2.05, 4.69) is 13.8 Å². The first-order valence-corrected chi connectivity index (χ1v) is 7.48. The summed E-state index contributed by atoms with van der Waals surface area (Å²) in [7, 11) is 0. The number of benzene rings is 2. The highest BCUT2D eigenvalue weighted by Gasteiger charge is 2.23. The van der Waals surface area contributed by atoms with E-state index in [4.69, 9.17) is 12.6 Å². The Hall–Kier alpha value is -1.54. The van der Waals surface area contributed by atoms with Gasteiger partial charge in [0.25, 0.3) is 0 Å². The number of carbonyl (C=O) groups excluding carboxylic acids is 1. The Labute approximate surface area is 126 Å². The minimum Gasteiger partial charge on any atom is -0.289 e. The van der Waals surface area contributed by atoms with Gasteiger partial charge in [0.05, 0.1) is 0 Å². The molecular formula is C18H20OS. The second-order valence-electron chi connectivity index (χ2n) is 5.01. The Morgan fingerprint density at radius 1 is 0.900 bits per heavy atom. The van der Waals surface area contributed by atoms with Gasteiger partial charge in [-0.05, 0) is 18.4 Å². The van der Waals surface area contributed by atoms with Crippen molar-refractivity contribution in [1.29, 1.82) is 0 Å². The molecule has 0 aliphatic carbocycles. The standard InChI is InChI=1S/C18H20OS/c1-3-18(20,4-2)16-12-10-15(11-13-16)17(19)14-8-6-5-7-9-14/h5-13,20H,3-4H2,1-2H3. The maximum absolute atomic E-state index is 12.3. The van der Waals surface area contributed by atoms with E-state index in [0.717, 1.165) is 24.0 Å². The summed E-state index contributed by atoms with van der Waals surface area (Å²) in [5, 5.41) is 0. The molecule has 1 nitrogen and oxygen atoms in total. The maximum Gasteiger partial charge on any atom is 0.193 e. The quantitative estimate of drug-likeness (QED) is 0.612. The normalized spacial score (nSPS) is 11.3. The van der Waals surface area contributed by atoms with Crippen molar-refractivity contribution < 1.29 is 4.79 Å². The third-order valence-corrected chi connectivity index (χ3v) is 4.78. The molecule has 0 saturated heterocycles. The monoisotopic (exact) mass is 284 g/mol. The number of hydrogen-bond donors (Lipinski definition) is 1. The third-order valence-electron chi connectivity index (χ3n) is 3.89. The molecule has 0 aliphatic heterocycles. The van der Waals surface area contributed by atoms with Crippen LogP contribution in [0.5, 0.6) is 0 Å². The molecule has 0 unspecified atom stereocenters. The van der Waals surface area contributed by atoms with Crippen LogP contribution in [0.3, 0.4) is 0 Å². The van der Waals surface area contributed by atoms with Gasteiger partial charge in [0, 0.05) is 15.9 Å². The van der Waals surface area contributed by atoms with Crippen molar-refractivity contribution in [2.75, 3.05) is 0 Å². The molecule has 20 heavy (non-hydrogen) atoms. The highest BCUT2D eigenvalue weighted by Crippen LogP contribution is 2.35. The van der Waals surface area contributed by atoms with Crippen molar-refractivity contribution in [3.63, 3.8) is 0 Å². The molecule has 2 rings (SSSR count). The Morgan fingerprint density at radius 2 is 1.40 bits per heavy atom. The third kappa shape index (κ3) is 2.96. The molecule has 0 radical (unpaired) electrons. The summed E-state index contributed by atoms with van der Waals surface area (Å²) in [5.74, 6) is 0.0647. The smallest absolute Gasteiger partial charge is 0.193 e. The predicted octanol–water partition coefficient (Wildman–Crippen LogP) is 4.86. The number of ketones is 1. The SMILES string of the molecule is CCC(S)(CC)c1ccc(C(=O)c2ccccc2)cc1. The summed E-state index contributed by atoms with van der Waals surface area (Å²) in [6, 6.07) is 17.2. The number of carbonyl (C=O) groups is 1. The summed E-state index contributed by atoms with van der Waals surface area (Å²) in [6.07, 6.45) is 1.94. The molecule has 2 heteroatoms. The van der Waals surface area contributed by atoms with Crippen molar-refractivity contribution in [2.45, 2.75) is 31.4 Å². The highest BCUT2D eigenvalue weighted by atomic mass is 32.1. The molecule has 0 spiro atoms. The molecule has 0 fully saturated rings. The van der Waals surface area contributed by atoms with E-state index in [9.17, 15) is 4.79 Å². The molecule has 0 heterocycles.